The number of anilines is 2. The number of pyridine rings is 2. The molecule has 3 heterocycles. The van der Waals surface area contributed by atoms with Crippen molar-refractivity contribution in [1.82, 2.24) is 9.97 Å². The van der Waals surface area contributed by atoms with Crippen LogP contribution in [0.4, 0.5) is 11.5 Å². The van der Waals surface area contributed by atoms with E-state index in [1.54, 1.807) is 6.20 Å². The van der Waals surface area contributed by atoms with Crippen LogP contribution < -0.4 is 15.8 Å². The van der Waals surface area contributed by atoms with E-state index in [0.717, 1.165) is 60.3 Å². The maximum atomic E-state index is 12.4. The average Bonchev–Trinajstić information content (AvgIpc) is 2.85. The Bertz CT molecular complexity index is 1220. The number of ether oxygens (including phenoxy) is 1. The Labute approximate surface area is 201 Å². The molecule has 2 aromatic heterocycles. The van der Waals surface area contributed by atoms with Gasteiger partial charge >= 0.3 is 0 Å². The van der Waals surface area contributed by atoms with Crippen LogP contribution >= 0.6 is 0 Å². The summed E-state index contributed by atoms with van der Waals surface area (Å²) in [6, 6.07) is 10.5. The van der Waals surface area contributed by atoms with Crippen molar-refractivity contribution in [3.05, 3.63) is 63.2 Å². The minimum atomic E-state index is -0.0923. The second kappa shape index (κ2) is 11.7. The van der Waals surface area contributed by atoms with Gasteiger partial charge in [0.2, 0.25) is 0 Å². The largest absolute Gasteiger partial charge is 0.381 e. The molecule has 0 radical (unpaired) electrons. The number of nitriles is 1. The zero-order valence-corrected chi connectivity index (χ0v) is 20.9. The highest BCUT2D eigenvalue weighted by atomic mass is 16.5. The van der Waals surface area contributed by atoms with E-state index in [1.807, 2.05) is 52.0 Å². The third kappa shape index (κ3) is 5.40. The van der Waals surface area contributed by atoms with Crippen molar-refractivity contribution >= 4 is 22.3 Å². The predicted molar refractivity (Wildman–Crippen MR) is 139 cm³/mol. The number of nitrogens with zero attached hydrogens (tertiary/aromatic N) is 3. The number of H-pyrrole nitrogens is 1. The number of hydrogen-bond acceptors (Lipinski definition) is 6. The van der Waals surface area contributed by atoms with Gasteiger partial charge in [0.25, 0.3) is 5.56 Å². The Balaban J connectivity index is 0.00000158. The van der Waals surface area contributed by atoms with Gasteiger partial charge in [0, 0.05) is 66.3 Å². The highest BCUT2D eigenvalue weighted by molar-refractivity contribution is 6.01. The highest BCUT2D eigenvalue weighted by Crippen LogP contribution is 2.34. The van der Waals surface area contributed by atoms with E-state index >= 15 is 0 Å². The first kappa shape index (κ1) is 25.3. The van der Waals surface area contributed by atoms with Gasteiger partial charge in [-0.25, -0.2) is 4.98 Å². The second-order valence-electron chi connectivity index (χ2n) is 8.29. The lowest BCUT2D eigenvalue weighted by Crippen LogP contribution is -2.39. The SMILES string of the molecule is CC.CCN(c1cc(C#N)cc2c(NCc3c(C)cc(C)[nH]c3=O)nccc12)C1CCOCC1. The predicted octanol–water partition coefficient (Wildman–Crippen LogP) is 5.06. The molecule has 0 spiro atoms. The van der Waals surface area contributed by atoms with Crippen LogP contribution in [0.2, 0.25) is 0 Å². The summed E-state index contributed by atoms with van der Waals surface area (Å²) in [7, 11) is 0. The van der Waals surface area contributed by atoms with Crippen LogP contribution in [-0.2, 0) is 11.3 Å². The molecule has 0 atom stereocenters. The highest BCUT2D eigenvalue weighted by Gasteiger charge is 2.23. The first-order valence-corrected chi connectivity index (χ1v) is 12.1. The Morgan fingerprint density at radius 2 is 1.94 bits per heavy atom. The maximum absolute atomic E-state index is 12.4. The first-order valence-electron chi connectivity index (χ1n) is 12.1. The minimum Gasteiger partial charge on any atom is -0.381 e. The Kier molecular flexibility index (Phi) is 8.67. The maximum Gasteiger partial charge on any atom is 0.253 e. The van der Waals surface area contributed by atoms with Gasteiger partial charge in [-0.1, -0.05) is 13.8 Å². The van der Waals surface area contributed by atoms with Crippen LogP contribution in [0, 0.1) is 25.2 Å². The summed E-state index contributed by atoms with van der Waals surface area (Å²) in [6.45, 7) is 12.7. The molecule has 0 unspecified atom stereocenters. The lowest BCUT2D eigenvalue weighted by molar-refractivity contribution is 0.0847. The van der Waals surface area contributed by atoms with Gasteiger partial charge < -0.3 is 19.9 Å². The number of aromatic amines is 1. The van der Waals surface area contributed by atoms with Crippen molar-refractivity contribution in [3.8, 4) is 6.07 Å². The average molecular weight is 462 g/mol. The molecule has 1 aromatic carbocycles. The molecule has 2 N–H and O–H groups in total. The number of aryl methyl sites for hydroxylation is 2. The molecule has 0 saturated carbocycles. The summed E-state index contributed by atoms with van der Waals surface area (Å²) in [6.07, 6.45) is 3.72. The molecule has 7 heteroatoms. The van der Waals surface area contributed by atoms with Crippen LogP contribution in [0.3, 0.4) is 0 Å². The molecule has 0 amide bonds. The molecule has 0 bridgehead atoms. The fourth-order valence-electron chi connectivity index (χ4n) is 4.60. The van der Waals surface area contributed by atoms with Crippen LogP contribution in [-0.4, -0.2) is 35.8 Å². The summed E-state index contributed by atoms with van der Waals surface area (Å²) in [5.74, 6) is 0.670. The molecule has 0 aliphatic carbocycles. The number of fused-ring (bicyclic) bond motifs is 1. The third-order valence-corrected chi connectivity index (χ3v) is 6.20. The van der Waals surface area contributed by atoms with Gasteiger partial charge in [0.05, 0.1) is 11.6 Å². The molecular weight excluding hydrogens is 426 g/mol. The summed E-state index contributed by atoms with van der Waals surface area (Å²) in [5, 5.41) is 15.0. The topological polar surface area (TPSA) is 94.0 Å². The van der Waals surface area contributed by atoms with E-state index in [4.69, 9.17) is 4.74 Å². The van der Waals surface area contributed by atoms with Gasteiger partial charge in [-0.05, 0) is 63.4 Å². The second-order valence-corrected chi connectivity index (χ2v) is 8.29. The third-order valence-electron chi connectivity index (χ3n) is 6.20. The molecule has 34 heavy (non-hydrogen) atoms. The first-order chi connectivity index (χ1) is 16.5. The number of hydrogen-bond donors (Lipinski definition) is 2. The van der Waals surface area contributed by atoms with Gasteiger partial charge in [0.15, 0.2) is 0 Å². The fraction of sp³-hybridized carbons (Fsp3) is 0.444. The molecule has 180 valence electrons. The Hall–Kier alpha value is -3.37. The number of rotatable bonds is 6. The van der Waals surface area contributed by atoms with Gasteiger partial charge in [0.1, 0.15) is 5.82 Å². The molecule has 7 nitrogen and oxygen atoms in total. The molecule has 1 fully saturated rings. The van der Waals surface area contributed by atoms with Crippen molar-refractivity contribution < 1.29 is 4.74 Å². The van der Waals surface area contributed by atoms with Crippen molar-refractivity contribution in [2.75, 3.05) is 30.0 Å². The van der Waals surface area contributed by atoms with Crippen molar-refractivity contribution in [2.45, 2.75) is 60.0 Å². The van der Waals surface area contributed by atoms with Crippen LogP contribution in [0.5, 0.6) is 0 Å². The Morgan fingerprint density at radius 3 is 2.59 bits per heavy atom. The smallest absolute Gasteiger partial charge is 0.253 e. The molecular formula is C27H35N5O2. The molecule has 4 rings (SSSR count). The number of nitrogens with one attached hydrogen (secondary N) is 2. The summed E-state index contributed by atoms with van der Waals surface area (Å²) in [4.78, 5) is 22.2. The number of benzene rings is 1. The Morgan fingerprint density at radius 1 is 1.21 bits per heavy atom. The van der Waals surface area contributed by atoms with Gasteiger partial charge in [-0.2, -0.15) is 5.26 Å². The zero-order valence-electron chi connectivity index (χ0n) is 20.9. The fourth-order valence-corrected chi connectivity index (χ4v) is 4.60. The van der Waals surface area contributed by atoms with E-state index < -0.39 is 0 Å². The van der Waals surface area contributed by atoms with E-state index in [1.165, 1.54) is 0 Å². The normalized spacial score (nSPS) is 13.6. The lowest BCUT2D eigenvalue weighted by atomic mass is 10.0. The monoisotopic (exact) mass is 461 g/mol. The van der Waals surface area contributed by atoms with Crippen LogP contribution in [0.15, 0.2) is 35.3 Å². The molecule has 1 aliphatic heterocycles. The summed E-state index contributed by atoms with van der Waals surface area (Å²) < 4.78 is 5.56. The zero-order chi connectivity index (χ0) is 24.7. The molecule has 3 aromatic rings. The van der Waals surface area contributed by atoms with Crippen molar-refractivity contribution in [2.24, 2.45) is 0 Å². The van der Waals surface area contributed by atoms with Gasteiger partial charge in [-0.3, -0.25) is 4.79 Å². The van der Waals surface area contributed by atoms with E-state index in [9.17, 15) is 10.1 Å². The summed E-state index contributed by atoms with van der Waals surface area (Å²) in [5.41, 5.74) is 4.01. The summed E-state index contributed by atoms with van der Waals surface area (Å²) >= 11 is 0. The van der Waals surface area contributed by atoms with Crippen molar-refractivity contribution in [1.29, 1.82) is 5.26 Å². The van der Waals surface area contributed by atoms with Crippen LogP contribution in [0.1, 0.15) is 56.0 Å². The molecule has 1 aliphatic rings. The standard InChI is InChI=1S/C25H29N5O2.C2H6/c1-4-30(19-6-9-32-10-7-19)23-13-18(14-26)12-21-20(23)5-8-27-24(21)28-15-22-16(2)11-17(3)29-25(22)31;1-2/h5,8,11-13,19H,4,6-7,9-10,15H2,1-3H3,(H,27,28)(H,29,31);1-2H3. The van der Waals surface area contributed by atoms with E-state index in [2.05, 4.69) is 33.2 Å². The van der Waals surface area contributed by atoms with Crippen LogP contribution in [0.25, 0.3) is 10.8 Å². The van der Waals surface area contributed by atoms with Gasteiger partial charge in [-0.15, -0.1) is 0 Å². The lowest BCUT2D eigenvalue weighted by Gasteiger charge is -2.36. The van der Waals surface area contributed by atoms with E-state index in [-0.39, 0.29) is 5.56 Å². The van der Waals surface area contributed by atoms with Crippen molar-refractivity contribution in [3.63, 3.8) is 0 Å². The molecule has 1 saturated heterocycles. The van der Waals surface area contributed by atoms with E-state index in [0.29, 0.717) is 29.5 Å². The number of aromatic nitrogens is 2. The minimum absolute atomic E-state index is 0.0923. The quantitative estimate of drug-likeness (QED) is 0.533.